The third-order valence-corrected chi connectivity index (χ3v) is 3.13. The fourth-order valence-electron chi connectivity index (χ4n) is 2.08. The highest BCUT2D eigenvalue weighted by Crippen LogP contribution is 2.24. The van der Waals surface area contributed by atoms with Crippen molar-refractivity contribution in [3.05, 3.63) is 5.89 Å². The first kappa shape index (κ1) is 11.7. The molecule has 0 radical (unpaired) electrons. The smallest absolute Gasteiger partial charge is 0.318 e. The standard InChI is InChI=1S/C10H16ClN3O2/c11-6-9-12-13-10(16-9)14-4-1-2-8(7-14)3-5-15/h8,15H,1-7H2. The zero-order chi connectivity index (χ0) is 11.4. The number of aromatic nitrogens is 2. The van der Waals surface area contributed by atoms with Crippen molar-refractivity contribution in [3.63, 3.8) is 0 Å². The van der Waals surface area contributed by atoms with Gasteiger partial charge in [0.15, 0.2) is 0 Å². The molecule has 2 heterocycles. The largest absolute Gasteiger partial charge is 0.407 e. The van der Waals surface area contributed by atoms with E-state index in [9.17, 15) is 0 Å². The molecule has 5 nitrogen and oxygen atoms in total. The van der Waals surface area contributed by atoms with E-state index < -0.39 is 0 Å². The predicted molar refractivity (Wildman–Crippen MR) is 60.5 cm³/mol. The second-order valence-corrected chi connectivity index (χ2v) is 4.35. The first-order valence-electron chi connectivity index (χ1n) is 5.57. The van der Waals surface area contributed by atoms with Crippen LogP contribution in [0.1, 0.15) is 25.2 Å². The van der Waals surface area contributed by atoms with Gasteiger partial charge in [-0.1, -0.05) is 5.10 Å². The van der Waals surface area contributed by atoms with Crippen LogP contribution in [0.3, 0.4) is 0 Å². The van der Waals surface area contributed by atoms with Crippen molar-refractivity contribution < 1.29 is 9.52 Å². The van der Waals surface area contributed by atoms with E-state index in [1.165, 1.54) is 0 Å². The molecule has 1 aromatic rings. The summed E-state index contributed by atoms with van der Waals surface area (Å²) in [6.07, 6.45) is 3.10. The summed E-state index contributed by atoms with van der Waals surface area (Å²) in [4.78, 5) is 2.08. The molecule has 0 spiro atoms. The lowest BCUT2D eigenvalue weighted by molar-refractivity contribution is 0.242. The van der Waals surface area contributed by atoms with Gasteiger partial charge in [0.05, 0.1) is 0 Å². The molecule has 1 N–H and O–H groups in total. The Morgan fingerprint density at radius 1 is 1.50 bits per heavy atom. The van der Waals surface area contributed by atoms with Gasteiger partial charge >= 0.3 is 6.01 Å². The third kappa shape index (κ3) is 2.65. The third-order valence-electron chi connectivity index (χ3n) is 2.90. The van der Waals surface area contributed by atoms with E-state index in [0.29, 0.717) is 17.8 Å². The van der Waals surface area contributed by atoms with Crippen LogP contribution < -0.4 is 4.90 Å². The van der Waals surface area contributed by atoms with Gasteiger partial charge in [0, 0.05) is 19.7 Å². The van der Waals surface area contributed by atoms with Crippen LogP contribution in [0.4, 0.5) is 6.01 Å². The molecule has 1 unspecified atom stereocenters. The lowest BCUT2D eigenvalue weighted by atomic mass is 9.95. The molecule has 1 saturated heterocycles. The number of piperidine rings is 1. The number of rotatable bonds is 4. The minimum Gasteiger partial charge on any atom is -0.407 e. The van der Waals surface area contributed by atoms with Gasteiger partial charge in [-0.15, -0.1) is 16.7 Å². The zero-order valence-electron chi connectivity index (χ0n) is 9.10. The van der Waals surface area contributed by atoms with Crippen LogP contribution in [0.5, 0.6) is 0 Å². The predicted octanol–water partition coefficient (Wildman–Crippen LogP) is 1.41. The van der Waals surface area contributed by atoms with Crippen LogP contribution in [-0.4, -0.2) is 35.0 Å². The second-order valence-electron chi connectivity index (χ2n) is 4.08. The van der Waals surface area contributed by atoms with E-state index in [4.69, 9.17) is 21.1 Å². The highest BCUT2D eigenvalue weighted by molar-refractivity contribution is 6.16. The number of nitrogens with zero attached hydrogens (tertiary/aromatic N) is 3. The first-order valence-corrected chi connectivity index (χ1v) is 6.11. The van der Waals surface area contributed by atoms with Gasteiger partial charge in [0.25, 0.3) is 0 Å². The molecule has 1 aliphatic rings. The molecule has 0 bridgehead atoms. The Kier molecular flexibility index (Phi) is 4.01. The summed E-state index contributed by atoms with van der Waals surface area (Å²) >= 11 is 5.61. The molecule has 0 aliphatic carbocycles. The van der Waals surface area contributed by atoms with Crippen LogP contribution >= 0.6 is 11.6 Å². The topological polar surface area (TPSA) is 62.4 Å². The van der Waals surface area contributed by atoms with Gasteiger partial charge in [0.1, 0.15) is 5.88 Å². The van der Waals surface area contributed by atoms with Gasteiger partial charge in [0.2, 0.25) is 5.89 Å². The number of hydrogen-bond acceptors (Lipinski definition) is 5. The number of halogens is 1. The van der Waals surface area contributed by atoms with Crippen LogP contribution in [0.15, 0.2) is 4.42 Å². The molecule has 16 heavy (non-hydrogen) atoms. The quantitative estimate of drug-likeness (QED) is 0.813. The van der Waals surface area contributed by atoms with E-state index in [0.717, 1.165) is 32.4 Å². The summed E-state index contributed by atoms with van der Waals surface area (Å²) in [5, 5.41) is 16.7. The van der Waals surface area contributed by atoms with E-state index >= 15 is 0 Å². The molecule has 2 rings (SSSR count). The Labute approximate surface area is 99.4 Å². The highest BCUT2D eigenvalue weighted by Gasteiger charge is 2.23. The first-order chi connectivity index (χ1) is 7.83. The van der Waals surface area contributed by atoms with Crippen molar-refractivity contribution in [1.29, 1.82) is 0 Å². The van der Waals surface area contributed by atoms with E-state index in [2.05, 4.69) is 15.1 Å². The Bertz CT molecular complexity index is 330. The van der Waals surface area contributed by atoms with Gasteiger partial charge in [-0.3, -0.25) is 0 Å². The summed E-state index contributed by atoms with van der Waals surface area (Å²) in [5.41, 5.74) is 0. The van der Waals surface area contributed by atoms with Crippen molar-refractivity contribution in [1.82, 2.24) is 10.2 Å². The number of anilines is 1. The molecule has 1 atom stereocenters. The van der Waals surface area contributed by atoms with Gasteiger partial charge < -0.3 is 14.4 Å². The molecule has 6 heteroatoms. The molecule has 1 aliphatic heterocycles. The maximum Gasteiger partial charge on any atom is 0.318 e. The van der Waals surface area contributed by atoms with Crippen molar-refractivity contribution >= 4 is 17.6 Å². The van der Waals surface area contributed by atoms with Crippen molar-refractivity contribution in [2.45, 2.75) is 25.1 Å². The van der Waals surface area contributed by atoms with Crippen LogP contribution in [0.25, 0.3) is 0 Å². The normalized spacial score (nSPS) is 21.4. The molecular formula is C10H16ClN3O2. The lowest BCUT2D eigenvalue weighted by Gasteiger charge is -2.30. The molecule has 1 fully saturated rings. The number of alkyl halides is 1. The Morgan fingerprint density at radius 2 is 2.38 bits per heavy atom. The number of aliphatic hydroxyl groups excluding tert-OH is 1. The van der Waals surface area contributed by atoms with Crippen LogP contribution in [-0.2, 0) is 5.88 Å². The van der Waals surface area contributed by atoms with Crippen molar-refractivity contribution in [3.8, 4) is 0 Å². The molecular weight excluding hydrogens is 230 g/mol. The Balaban J connectivity index is 1.98. The summed E-state index contributed by atoms with van der Waals surface area (Å²) in [6, 6.07) is 0.554. The maximum absolute atomic E-state index is 8.93. The van der Waals surface area contributed by atoms with E-state index in [1.807, 2.05) is 0 Å². The lowest BCUT2D eigenvalue weighted by Crippen LogP contribution is -2.36. The summed E-state index contributed by atoms with van der Waals surface area (Å²) in [6.45, 7) is 2.06. The fourth-order valence-corrected chi connectivity index (χ4v) is 2.19. The van der Waals surface area contributed by atoms with E-state index in [-0.39, 0.29) is 12.5 Å². The molecule has 90 valence electrons. The maximum atomic E-state index is 8.93. The van der Waals surface area contributed by atoms with Gasteiger partial charge in [-0.25, -0.2) is 0 Å². The molecule has 0 saturated carbocycles. The van der Waals surface area contributed by atoms with Crippen molar-refractivity contribution in [2.75, 3.05) is 24.6 Å². The summed E-state index contributed by atoms with van der Waals surface area (Å²) < 4.78 is 5.41. The average Bonchev–Trinajstić information content (AvgIpc) is 2.78. The van der Waals surface area contributed by atoms with E-state index in [1.54, 1.807) is 0 Å². The van der Waals surface area contributed by atoms with Crippen LogP contribution in [0.2, 0.25) is 0 Å². The Morgan fingerprint density at radius 3 is 3.06 bits per heavy atom. The number of hydrogen-bond donors (Lipinski definition) is 1. The molecule has 0 amide bonds. The summed E-state index contributed by atoms with van der Waals surface area (Å²) in [5.74, 6) is 1.23. The fraction of sp³-hybridized carbons (Fsp3) is 0.800. The summed E-state index contributed by atoms with van der Waals surface area (Å²) in [7, 11) is 0. The average molecular weight is 246 g/mol. The Hall–Kier alpha value is -0.810. The zero-order valence-corrected chi connectivity index (χ0v) is 9.86. The number of aliphatic hydroxyl groups is 1. The van der Waals surface area contributed by atoms with Gasteiger partial charge in [-0.05, 0) is 25.2 Å². The molecule has 1 aromatic heterocycles. The molecule has 0 aromatic carbocycles. The monoisotopic (exact) mass is 245 g/mol. The minimum absolute atomic E-state index is 0.245. The van der Waals surface area contributed by atoms with Crippen molar-refractivity contribution in [2.24, 2.45) is 5.92 Å². The minimum atomic E-state index is 0.245. The van der Waals surface area contributed by atoms with Crippen LogP contribution in [0, 0.1) is 5.92 Å². The SMILES string of the molecule is OCCC1CCCN(c2nnc(CCl)o2)C1. The second kappa shape index (κ2) is 5.50. The highest BCUT2D eigenvalue weighted by atomic mass is 35.5. The van der Waals surface area contributed by atoms with Gasteiger partial charge in [-0.2, -0.15) is 0 Å².